The summed E-state index contributed by atoms with van der Waals surface area (Å²) in [6.07, 6.45) is 14.6. The predicted molar refractivity (Wildman–Crippen MR) is 75.1 cm³/mol. The van der Waals surface area contributed by atoms with Crippen LogP contribution in [0.25, 0.3) is 6.20 Å². The summed E-state index contributed by atoms with van der Waals surface area (Å²) in [7, 11) is 0. The van der Waals surface area contributed by atoms with Crippen LogP contribution in [0.15, 0.2) is 6.58 Å². The number of nitrogens with zero attached hydrogens (tertiary/aromatic N) is 4. The molecule has 0 atom stereocenters. The van der Waals surface area contributed by atoms with Crippen LogP contribution in [0.5, 0.6) is 0 Å². The first kappa shape index (κ1) is 14.9. The van der Waals surface area contributed by atoms with E-state index in [1.807, 2.05) is 0 Å². The summed E-state index contributed by atoms with van der Waals surface area (Å²) < 4.78 is 0. The van der Waals surface area contributed by atoms with Gasteiger partial charge in [-0.2, -0.15) is 0 Å². The molecule has 1 heterocycles. The fourth-order valence-electron chi connectivity index (χ4n) is 2.03. The van der Waals surface area contributed by atoms with E-state index < -0.39 is 0 Å². The third-order valence-corrected chi connectivity index (χ3v) is 3.14. The third kappa shape index (κ3) is 6.52. The highest BCUT2D eigenvalue weighted by Gasteiger charge is 2.00. The van der Waals surface area contributed by atoms with Crippen LogP contribution in [-0.4, -0.2) is 20.2 Å². The molecule has 4 heteroatoms. The fraction of sp³-hybridized carbons (Fsp3) is 0.786. The van der Waals surface area contributed by atoms with Crippen molar-refractivity contribution in [1.82, 2.24) is 20.2 Å². The number of unbranched alkanes of at least 4 members (excludes halogenated alkanes) is 8. The topological polar surface area (TPSA) is 43.6 Å². The van der Waals surface area contributed by atoms with E-state index in [9.17, 15) is 0 Å². The summed E-state index contributed by atoms with van der Waals surface area (Å²) in [5.41, 5.74) is 0. The van der Waals surface area contributed by atoms with Gasteiger partial charge in [0.15, 0.2) is 5.82 Å². The number of aromatic nitrogens is 4. The minimum Gasteiger partial charge on any atom is -0.139 e. The van der Waals surface area contributed by atoms with Crippen molar-refractivity contribution in [3.8, 4) is 0 Å². The Morgan fingerprint density at radius 1 is 1.00 bits per heavy atom. The molecule has 0 aliphatic carbocycles. The molecule has 102 valence electrons. The zero-order valence-corrected chi connectivity index (χ0v) is 11.6. The average molecular weight is 250 g/mol. The lowest BCUT2D eigenvalue weighted by molar-refractivity contribution is 0.562. The van der Waals surface area contributed by atoms with Gasteiger partial charge in [0.05, 0.1) is 0 Å². The van der Waals surface area contributed by atoms with E-state index in [0.717, 1.165) is 18.7 Å². The first-order valence-corrected chi connectivity index (χ1v) is 7.27. The lowest BCUT2D eigenvalue weighted by Crippen LogP contribution is -1.92. The molecule has 0 N–H and O–H groups in total. The molecule has 0 bridgehead atoms. The number of hydrogen-bond donors (Lipinski definition) is 0. The van der Waals surface area contributed by atoms with E-state index in [1.54, 1.807) is 6.20 Å². The monoisotopic (exact) mass is 250 g/mol. The second-order valence-electron chi connectivity index (χ2n) is 4.79. The van der Waals surface area contributed by atoms with Crippen LogP contribution in [0.3, 0.4) is 0 Å². The van der Waals surface area contributed by atoms with E-state index in [1.165, 1.54) is 56.2 Å². The minimum absolute atomic E-state index is 0.831. The van der Waals surface area contributed by atoms with Gasteiger partial charge in [-0.05, 0) is 11.6 Å². The molecule has 1 rings (SSSR count). The van der Waals surface area contributed by atoms with Crippen LogP contribution in [0.2, 0.25) is 0 Å². The van der Waals surface area contributed by atoms with E-state index in [0.29, 0.717) is 0 Å². The standard InChI is InChI=1S/C14H26N4/c1-3-5-6-7-8-9-10-11-12-13-14-15-17-18(4-2)16-14/h4H,2-3,5-13H2,1H3. The summed E-state index contributed by atoms with van der Waals surface area (Å²) in [5, 5.41) is 12.0. The highest BCUT2D eigenvalue weighted by atomic mass is 15.6. The number of aryl methyl sites for hydroxylation is 1. The van der Waals surface area contributed by atoms with Crippen LogP contribution in [0.1, 0.15) is 70.5 Å². The highest BCUT2D eigenvalue weighted by molar-refractivity contribution is 5.08. The van der Waals surface area contributed by atoms with Gasteiger partial charge in [-0.15, -0.1) is 15.0 Å². The summed E-state index contributed by atoms with van der Waals surface area (Å²) in [5.74, 6) is 0.831. The molecule has 18 heavy (non-hydrogen) atoms. The van der Waals surface area contributed by atoms with Crippen molar-refractivity contribution in [3.63, 3.8) is 0 Å². The van der Waals surface area contributed by atoms with Gasteiger partial charge in [0.2, 0.25) is 0 Å². The zero-order valence-electron chi connectivity index (χ0n) is 11.6. The maximum absolute atomic E-state index is 4.17. The molecule has 0 fully saturated rings. The lowest BCUT2D eigenvalue weighted by Gasteiger charge is -2.00. The Hall–Kier alpha value is -1.19. The molecule has 0 amide bonds. The maximum atomic E-state index is 4.17. The molecular formula is C14H26N4. The molecule has 0 saturated heterocycles. The van der Waals surface area contributed by atoms with Gasteiger partial charge in [-0.25, -0.2) is 0 Å². The Balaban J connectivity index is 1.91. The first-order valence-electron chi connectivity index (χ1n) is 7.27. The van der Waals surface area contributed by atoms with Crippen LogP contribution in [0, 0.1) is 0 Å². The van der Waals surface area contributed by atoms with Gasteiger partial charge in [0, 0.05) is 12.6 Å². The molecule has 4 nitrogen and oxygen atoms in total. The number of hydrogen-bond acceptors (Lipinski definition) is 3. The molecule has 0 aliphatic rings. The lowest BCUT2D eigenvalue weighted by atomic mass is 10.1. The zero-order chi connectivity index (χ0) is 13.1. The Morgan fingerprint density at radius 2 is 1.61 bits per heavy atom. The fourth-order valence-corrected chi connectivity index (χ4v) is 2.03. The molecule has 0 unspecified atom stereocenters. The van der Waals surface area contributed by atoms with Crippen molar-refractivity contribution in [1.29, 1.82) is 0 Å². The second-order valence-corrected chi connectivity index (χ2v) is 4.79. The molecule has 1 aromatic rings. The minimum atomic E-state index is 0.831. The molecule has 0 aromatic carbocycles. The van der Waals surface area contributed by atoms with Crippen LogP contribution in [0.4, 0.5) is 0 Å². The van der Waals surface area contributed by atoms with Crippen molar-refractivity contribution in [2.45, 2.75) is 71.1 Å². The Labute approximate surface area is 110 Å². The second kappa shape index (κ2) is 9.80. The van der Waals surface area contributed by atoms with Crippen molar-refractivity contribution in [2.75, 3.05) is 0 Å². The van der Waals surface area contributed by atoms with Crippen LogP contribution in [-0.2, 0) is 6.42 Å². The SMILES string of the molecule is C=Cn1nnc(CCCCCCCCCCC)n1. The highest BCUT2D eigenvalue weighted by Crippen LogP contribution is 2.10. The normalized spacial score (nSPS) is 10.7. The third-order valence-electron chi connectivity index (χ3n) is 3.14. The van der Waals surface area contributed by atoms with Gasteiger partial charge in [0.25, 0.3) is 0 Å². The quantitative estimate of drug-likeness (QED) is 0.560. The van der Waals surface area contributed by atoms with Gasteiger partial charge in [0.1, 0.15) is 0 Å². The summed E-state index contributed by atoms with van der Waals surface area (Å²) in [4.78, 5) is 1.42. The van der Waals surface area contributed by atoms with Crippen molar-refractivity contribution in [2.24, 2.45) is 0 Å². The average Bonchev–Trinajstić information content (AvgIpc) is 2.85. The van der Waals surface area contributed by atoms with E-state index >= 15 is 0 Å². The first-order chi connectivity index (χ1) is 8.86. The largest absolute Gasteiger partial charge is 0.175 e. The maximum Gasteiger partial charge on any atom is 0.175 e. The molecule has 1 aromatic heterocycles. The predicted octanol–water partition coefficient (Wildman–Crippen LogP) is 3.85. The smallest absolute Gasteiger partial charge is 0.139 e. The van der Waals surface area contributed by atoms with E-state index in [2.05, 4.69) is 28.9 Å². The molecule has 0 saturated carbocycles. The van der Waals surface area contributed by atoms with Gasteiger partial charge in [-0.3, -0.25) is 0 Å². The van der Waals surface area contributed by atoms with Gasteiger partial charge >= 0.3 is 0 Å². The van der Waals surface area contributed by atoms with E-state index in [4.69, 9.17) is 0 Å². The number of tetrazole rings is 1. The van der Waals surface area contributed by atoms with E-state index in [-0.39, 0.29) is 0 Å². The Bertz CT molecular complexity index is 319. The van der Waals surface area contributed by atoms with Crippen LogP contribution >= 0.6 is 0 Å². The molecule has 0 aliphatic heterocycles. The Kier molecular flexibility index (Phi) is 8.10. The summed E-state index contributed by atoms with van der Waals surface area (Å²) in [6.45, 7) is 5.85. The Morgan fingerprint density at radius 3 is 2.17 bits per heavy atom. The number of rotatable bonds is 11. The van der Waals surface area contributed by atoms with Gasteiger partial charge < -0.3 is 0 Å². The molecular weight excluding hydrogens is 224 g/mol. The molecule has 0 radical (unpaired) electrons. The van der Waals surface area contributed by atoms with Crippen molar-refractivity contribution >= 4 is 6.20 Å². The van der Waals surface area contributed by atoms with Crippen LogP contribution < -0.4 is 0 Å². The van der Waals surface area contributed by atoms with Crippen molar-refractivity contribution < 1.29 is 0 Å². The summed E-state index contributed by atoms with van der Waals surface area (Å²) in [6, 6.07) is 0. The van der Waals surface area contributed by atoms with Gasteiger partial charge in [-0.1, -0.05) is 64.9 Å². The summed E-state index contributed by atoms with van der Waals surface area (Å²) >= 11 is 0. The molecule has 0 spiro atoms. The van der Waals surface area contributed by atoms with Crippen molar-refractivity contribution in [3.05, 3.63) is 12.4 Å².